The zero-order valence-corrected chi connectivity index (χ0v) is 11.8. The number of aromatic nitrogens is 2. The Bertz CT molecular complexity index is 756. The number of hydrogen-bond donors (Lipinski definition) is 0. The van der Waals surface area contributed by atoms with Crippen molar-refractivity contribution in [2.24, 2.45) is 0 Å². The van der Waals surface area contributed by atoms with Gasteiger partial charge in [-0.1, -0.05) is 24.3 Å². The van der Waals surface area contributed by atoms with Gasteiger partial charge in [0, 0.05) is 22.2 Å². The lowest BCUT2D eigenvalue weighted by atomic mass is 10.0. The molecule has 0 aliphatic carbocycles. The third kappa shape index (κ3) is 1.69. The van der Waals surface area contributed by atoms with Crippen LogP contribution in [0.1, 0.15) is 25.6 Å². The van der Waals surface area contributed by atoms with Gasteiger partial charge in [0.2, 0.25) is 0 Å². The fraction of sp³-hybridized carbons (Fsp3) is 0.312. The molecule has 3 heteroatoms. The van der Waals surface area contributed by atoms with Crippen LogP contribution in [0.15, 0.2) is 30.3 Å². The van der Waals surface area contributed by atoms with Gasteiger partial charge in [0.25, 0.3) is 0 Å². The molecule has 98 valence electrons. The number of ether oxygens (including phenoxy) is 1. The molecule has 0 aliphatic rings. The van der Waals surface area contributed by atoms with Crippen molar-refractivity contribution >= 4 is 21.7 Å². The molecule has 3 nitrogen and oxygen atoms in total. The molecule has 0 atom stereocenters. The SMILES string of the molecule is COc1cc2c(C)nn(C(C)C)c2c2ccccc12. The standard InChI is InChI=1S/C16H18N2O/c1-10(2)18-16-13-8-6-5-7-12(13)15(19-4)9-14(16)11(3)17-18/h5-10H,1-4H3. The summed E-state index contributed by atoms with van der Waals surface area (Å²) in [6, 6.07) is 10.8. The lowest BCUT2D eigenvalue weighted by molar-refractivity contribution is 0.420. The Labute approximate surface area is 112 Å². The second-order valence-corrected chi connectivity index (χ2v) is 5.14. The number of benzene rings is 2. The number of fused-ring (bicyclic) bond motifs is 3. The maximum Gasteiger partial charge on any atom is 0.127 e. The highest BCUT2D eigenvalue weighted by Crippen LogP contribution is 2.35. The summed E-state index contributed by atoms with van der Waals surface area (Å²) in [6.45, 7) is 6.37. The normalized spacial score (nSPS) is 11.6. The molecule has 3 aromatic rings. The van der Waals surface area contributed by atoms with Crippen molar-refractivity contribution in [2.75, 3.05) is 7.11 Å². The van der Waals surface area contributed by atoms with Crippen molar-refractivity contribution < 1.29 is 4.74 Å². The monoisotopic (exact) mass is 254 g/mol. The highest BCUT2D eigenvalue weighted by Gasteiger charge is 2.15. The van der Waals surface area contributed by atoms with E-state index in [9.17, 15) is 0 Å². The maximum absolute atomic E-state index is 5.52. The number of hydrogen-bond acceptors (Lipinski definition) is 2. The Kier molecular flexibility index (Phi) is 2.70. The van der Waals surface area contributed by atoms with Gasteiger partial charge in [0.15, 0.2) is 0 Å². The van der Waals surface area contributed by atoms with Gasteiger partial charge in [-0.05, 0) is 26.8 Å². The Hall–Kier alpha value is -2.03. The van der Waals surface area contributed by atoms with E-state index in [0.29, 0.717) is 6.04 Å². The summed E-state index contributed by atoms with van der Waals surface area (Å²) in [5.41, 5.74) is 2.25. The summed E-state index contributed by atoms with van der Waals surface area (Å²) >= 11 is 0. The van der Waals surface area contributed by atoms with E-state index in [-0.39, 0.29) is 0 Å². The van der Waals surface area contributed by atoms with Crippen LogP contribution in [-0.2, 0) is 0 Å². The summed E-state index contributed by atoms with van der Waals surface area (Å²) in [4.78, 5) is 0. The van der Waals surface area contributed by atoms with E-state index in [1.165, 1.54) is 16.3 Å². The molecule has 0 aliphatic heterocycles. The van der Waals surface area contributed by atoms with E-state index < -0.39 is 0 Å². The summed E-state index contributed by atoms with van der Waals surface area (Å²) in [6.07, 6.45) is 0. The molecule has 0 N–H and O–H groups in total. The second kappa shape index (κ2) is 4.26. The van der Waals surface area contributed by atoms with Crippen molar-refractivity contribution in [2.45, 2.75) is 26.8 Å². The summed E-state index contributed by atoms with van der Waals surface area (Å²) in [5.74, 6) is 0.912. The van der Waals surface area contributed by atoms with E-state index in [0.717, 1.165) is 16.8 Å². The Morgan fingerprint density at radius 3 is 2.42 bits per heavy atom. The van der Waals surface area contributed by atoms with Crippen LogP contribution >= 0.6 is 0 Å². The maximum atomic E-state index is 5.52. The topological polar surface area (TPSA) is 27.1 Å². The van der Waals surface area contributed by atoms with Crippen LogP contribution in [0.25, 0.3) is 21.7 Å². The molecule has 0 saturated carbocycles. The van der Waals surface area contributed by atoms with E-state index >= 15 is 0 Å². The molecule has 0 amide bonds. The lowest BCUT2D eigenvalue weighted by Gasteiger charge is -2.11. The summed E-state index contributed by atoms with van der Waals surface area (Å²) in [5, 5.41) is 8.18. The molecule has 0 saturated heterocycles. The minimum absolute atomic E-state index is 0.341. The molecule has 3 rings (SSSR count). The average Bonchev–Trinajstić information content (AvgIpc) is 2.75. The van der Waals surface area contributed by atoms with Crippen LogP contribution in [0.3, 0.4) is 0 Å². The van der Waals surface area contributed by atoms with Crippen LogP contribution in [0.2, 0.25) is 0 Å². The molecule has 19 heavy (non-hydrogen) atoms. The number of aryl methyl sites for hydroxylation is 1. The average molecular weight is 254 g/mol. The Balaban J connectivity index is 2.56. The molecule has 0 unspecified atom stereocenters. The smallest absolute Gasteiger partial charge is 0.127 e. The molecular weight excluding hydrogens is 236 g/mol. The third-order valence-electron chi connectivity index (χ3n) is 3.56. The summed E-state index contributed by atoms with van der Waals surface area (Å²) < 4.78 is 7.63. The molecule has 0 bridgehead atoms. The molecule has 2 aromatic carbocycles. The highest BCUT2D eigenvalue weighted by atomic mass is 16.5. The second-order valence-electron chi connectivity index (χ2n) is 5.14. The quantitative estimate of drug-likeness (QED) is 0.688. The van der Waals surface area contributed by atoms with Gasteiger partial charge in [-0.3, -0.25) is 4.68 Å². The predicted molar refractivity (Wildman–Crippen MR) is 78.9 cm³/mol. The molecule has 0 fully saturated rings. The van der Waals surface area contributed by atoms with Crippen LogP contribution < -0.4 is 4.74 Å². The van der Waals surface area contributed by atoms with Crippen LogP contribution in [0.5, 0.6) is 5.75 Å². The molecule has 0 radical (unpaired) electrons. The minimum atomic E-state index is 0.341. The minimum Gasteiger partial charge on any atom is -0.496 e. The van der Waals surface area contributed by atoms with Crippen molar-refractivity contribution in [1.29, 1.82) is 0 Å². The van der Waals surface area contributed by atoms with E-state index in [1.54, 1.807) is 7.11 Å². The molecular formula is C16H18N2O. The van der Waals surface area contributed by atoms with Gasteiger partial charge < -0.3 is 4.74 Å². The van der Waals surface area contributed by atoms with E-state index in [4.69, 9.17) is 4.74 Å². The number of rotatable bonds is 2. The first-order valence-corrected chi connectivity index (χ1v) is 6.58. The first-order chi connectivity index (χ1) is 9.13. The van der Waals surface area contributed by atoms with Crippen LogP contribution in [-0.4, -0.2) is 16.9 Å². The zero-order chi connectivity index (χ0) is 13.6. The lowest BCUT2D eigenvalue weighted by Crippen LogP contribution is -2.03. The number of methoxy groups -OCH3 is 1. The Morgan fingerprint density at radius 1 is 1.11 bits per heavy atom. The van der Waals surface area contributed by atoms with Crippen molar-refractivity contribution in [3.8, 4) is 5.75 Å². The third-order valence-corrected chi connectivity index (χ3v) is 3.56. The van der Waals surface area contributed by atoms with Gasteiger partial charge in [-0.25, -0.2) is 0 Å². The molecule has 1 aromatic heterocycles. The predicted octanol–water partition coefficient (Wildman–Crippen LogP) is 4.09. The van der Waals surface area contributed by atoms with Gasteiger partial charge in [0.05, 0.1) is 18.3 Å². The van der Waals surface area contributed by atoms with Gasteiger partial charge in [-0.2, -0.15) is 5.10 Å². The van der Waals surface area contributed by atoms with Crippen LogP contribution in [0, 0.1) is 6.92 Å². The summed E-state index contributed by atoms with van der Waals surface area (Å²) in [7, 11) is 1.72. The largest absolute Gasteiger partial charge is 0.496 e. The van der Waals surface area contributed by atoms with Crippen molar-refractivity contribution in [1.82, 2.24) is 9.78 Å². The Morgan fingerprint density at radius 2 is 1.79 bits per heavy atom. The van der Waals surface area contributed by atoms with Gasteiger partial charge in [0.1, 0.15) is 5.75 Å². The fourth-order valence-electron chi connectivity index (χ4n) is 2.66. The fourth-order valence-corrected chi connectivity index (χ4v) is 2.66. The van der Waals surface area contributed by atoms with Crippen molar-refractivity contribution in [3.63, 3.8) is 0 Å². The zero-order valence-electron chi connectivity index (χ0n) is 11.8. The van der Waals surface area contributed by atoms with Crippen LogP contribution in [0.4, 0.5) is 0 Å². The number of nitrogens with zero attached hydrogens (tertiary/aromatic N) is 2. The first-order valence-electron chi connectivity index (χ1n) is 6.58. The first kappa shape index (κ1) is 12.0. The molecule has 0 spiro atoms. The van der Waals surface area contributed by atoms with E-state index in [2.05, 4.69) is 54.8 Å². The van der Waals surface area contributed by atoms with Crippen molar-refractivity contribution in [3.05, 3.63) is 36.0 Å². The molecule has 1 heterocycles. The van der Waals surface area contributed by atoms with E-state index in [1.807, 2.05) is 6.07 Å². The highest BCUT2D eigenvalue weighted by molar-refractivity contribution is 6.09. The van der Waals surface area contributed by atoms with Gasteiger partial charge in [-0.15, -0.1) is 0 Å². The van der Waals surface area contributed by atoms with Gasteiger partial charge >= 0.3 is 0 Å².